The van der Waals surface area contributed by atoms with E-state index in [-0.39, 0.29) is 23.6 Å². The molecule has 1 heterocycles. The van der Waals surface area contributed by atoms with Crippen LogP contribution in [0.5, 0.6) is 5.75 Å². The zero-order valence-electron chi connectivity index (χ0n) is 21.3. The monoisotopic (exact) mass is 519 g/mol. The van der Waals surface area contributed by atoms with Gasteiger partial charge in [-0.25, -0.2) is 18.8 Å². The van der Waals surface area contributed by atoms with E-state index in [1.54, 1.807) is 32.9 Å². The number of ether oxygens (including phenoxy) is 2. The quantitative estimate of drug-likeness (QED) is 0.267. The Labute approximate surface area is 217 Å². The number of hydrogen-bond acceptors (Lipinski definition) is 7. The van der Waals surface area contributed by atoms with Crippen molar-refractivity contribution >= 4 is 17.7 Å². The first-order chi connectivity index (χ1) is 18.2. The van der Waals surface area contributed by atoms with Gasteiger partial charge in [0, 0.05) is 11.7 Å². The van der Waals surface area contributed by atoms with Crippen LogP contribution in [0.3, 0.4) is 0 Å². The molecule has 0 unspecified atom stereocenters. The van der Waals surface area contributed by atoms with E-state index in [0.29, 0.717) is 20.6 Å². The van der Waals surface area contributed by atoms with Gasteiger partial charge in [0.2, 0.25) is 0 Å². The molecule has 0 saturated heterocycles. The van der Waals surface area contributed by atoms with Crippen LogP contribution in [0.2, 0.25) is 0 Å². The molecule has 0 aliphatic rings. The van der Waals surface area contributed by atoms with Crippen molar-refractivity contribution in [2.75, 3.05) is 12.0 Å². The van der Waals surface area contributed by atoms with Crippen LogP contribution in [0.1, 0.15) is 35.3 Å². The predicted molar refractivity (Wildman–Crippen MR) is 137 cm³/mol. The number of carbonyl (C=O) groups excluding carboxylic acids is 2. The van der Waals surface area contributed by atoms with Crippen LogP contribution in [0.4, 0.5) is 14.9 Å². The minimum atomic E-state index is -0.987. The Balaban J connectivity index is 1.66. The third kappa shape index (κ3) is 5.17. The highest BCUT2D eigenvalue weighted by Crippen LogP contribution is 2.25. The second-order valence-electron chi connectivity index (χ2n) is 8.68. The highest BCUT2D eigenvalue weighted by Gasteiger charge is 2.28. The van der Waals surface area contributed by atoms with Crippen molar-refractivity contribution in [3.63, 3.8) is 0 Å². The lowest BCUT2D eigenvalue weighted by molar-refractivity contribution is 0.0472. The molecule has 196 valence electrons. The summed E-state index contributed by atoms with van der Waals surface area (Å²) in [5.41, 5.74) is 0.837. The molecule has 0 bridgehead atoms. The summed E-state index contributed by atoms with van der Waals surface area (Å²) in [7, 11) is 1.32. The number of amides is 1. The molecule has 0 aliphatic carbocycles. The number of rotatable bonds is 7. The van der Waals surface area contributed by atoms with Gasteiger partial charge in [-0.3, -0.25) is 4.90 Å². The molecule has 11 heteroatoms. The summed E-state index contributed by atoms with van der Waals surface area (Å²) in [4.78, 5) is 40.8. The van der Waals surface area contributed by atoms with E-state index in [0.717, 1.165) is 11.6 Å². The molecule has 0 spiro atoms. The van der Waals surface area contributed by atoms with Gasteiger partial charge in [0.15, 0.2) is 5.82 Å². The third-order valence-corrected chi connectivity index (χ3v) is 5.80. The molecule has 4 aromatic rings. The average Bonchev–Trinajstić information content (AvgIpc) is 3.29. The van der Waals surface area contributed by atoms with Crippen LogP contribution < -0.4 is 15.3 Å². The lowest BCUT2D eigenvalue weighted by Gasteiger charge is -2.26. The van der Waals surface area contributed by atoms with E-state index in [4.69, 9.17) is 9.47 Å². The lowest BCUT2D eigenvalue weighted by atomic mass is 10.1. The Morgan fingerprint density at radius 3 is 2.45 bits per heavy atom. The highest BCUT2D eigenvalue weighted by molar-refractivity contribution is 5.97. The maximum Gasteiger partial charge on any atom is 0.377 e. The maximum absolute atomic E-state index is 14.5. The van der Waals surface area contributed by atoms with Crippen molar-refractivity contribution < 1.29 is 23.5 Å². The summed E-state index contributed by atoms with van der Waals surface area (Å²) in [5.74, 6) is -1.28. The van der Waals surface area contributed by atoms with Crippen molar-refractivity contribution in [3.05, 3.63) is 99.7 Å². The van der Waals surface area contributed by atoms with Gasteiger partial charge in [-0.1, -0.05) is 42.5 Å². The smallest absolute Gasteiger partial charge is 0.377 e. The number of aromatic nitrogens is 4. The number of esters is 1. The SMILES string of the molecule is COc1cccc(F)c1-n1nnn(C(=O)N(c2ccc(C)c(C(=O)OCc3ccccc3)c2)C(C)C)c1=O. The maximum atomic E-state index is 14.5. The number of tetrazole rings is 1. The first-order valence-corrected chi connectivity index (χ1v) is 11.8. The predicted octanol–water partition coefficient (Wildman–Crippen LogP) is 4.13. The summed E-state index contributed by atoms with van der Waals surface area (Å²) >= 11 is 0. The van der Waals surface area contributed by atoms with Crippen molar-refractivity contribution in [2.45, 2.75) is 33.4 Å². The second kappa shape index (κ2) is 11.1. The second-order valence-corrected chi connectivity index (χ2v) is 8.68. The first-order valence-electron chi connectivity index (χ1n) is 11.8. The molecule has 1 aromatic heterocycles. The Kier molecular flexibility index (Phi) is 7.66. The molecular weight excluding hydrogens is 493 g/mol. The zero-order valence-corrected chi connectivity index (χ0v) is 21.3. The molecule has 3 aromatic carbocycles. The van der Waals surface area contributed by atoms with Gasteiger partial charge < -0.3 is 9.47 Å². The summed E-state index contributed by atoms with van der Waals surface area (Å²) in [5, 5.41) is 7.39. The minimum Gasteiger partial charge on any atom is -0.494 e. The molecule has 0 N–H and O–H groups in total. The van der Waals surface area contributed by atoms with Gasteiger partial charge in [0.1, 0.15) is 18.0 Å². The fourth-order valence-electron chi connectivity index (χ4n) is 3.88. The zero-order chi connectivity index (χ0) is 27.4. The number of halogens is 1. The number of nitrogens with zero attached hydrogens (tertiary/aromatic N) is 5. The fraction of sp³-hybridized carbons (Fsp3) is 0.222. The summed E-state index contributed by atoms with van der Waals surface area (Å²) in [6.07, 6.45) is 0. The standard InChI is InChI=1S/C27H26FN5O5/c1-17(2)31(20-14-13-18(3)21(15-20)25(34)38-16-19-9-6-5-7-10-19)26(35)33-27(36)32(29-30-33)24-22(28)11-8-12-23(24)37-4/h5-15,17H,16H2,1-4H3. The van der Waals surface area contributed by atoms with E-state index in [2.05, 4.69) is 10.4 Å². The van der Waals surface area contributed by atoms with E-state index in [1.165, 1.54) is 30.2 Å². The molecule has 0 radical (unpaired) electrons. The van der Waals surface area contributed by atoms with Crippen molar-refractivity contribution in [3.8, 4) is 11.4 Å². The molecule has 1 amide bonds. The average molecular weight is 520 g/mol. The van der Waals surface area contributed by atoms with Gasteiger partial charge in [-0.05, 0) is 66.6 Å². The molecule has 0 fully saturated rings. The molecule has 0 atom stereocenters. The summed E-state index contributed by atoms with van der Waals surface area (Å²) in [6.45, 7) is 5.32. The van der Waals surface area contributed by atoms with Crippen molar-refractivity contribution in [2.24, 2.45) is 0 Å². The fourth-order valence-corrected chi connectivity index (χ4v) is 3.88. The topological polar surface area (TPSA) is 109 Å². The number of aryl methyl sites for hydroxylation is 1. The Hall–Kier alpha value is -4.80. The van der Waals surface area contributed by atoms with Gasteiger partial charge >= 0.3 is 17.7 Å². The molecule has 0 aliphatic heterocycles. The lowest BCUT2D eigenvalue weighted by Crippen LogP contribution is -2.44. The van der Waals surface area contributed by atoms with Crippen LogP contribution >= 0.6 is 0 Å². The number of para-hydroxylation sites is 1. The van der Waals surface area contributed by atoms with Crippen LogP contribution in [0, 0.1) is 12.7 Å². The molecule has 4 rings (SSSR count). The van der Waals surface area contributed by atoms with E-state index >= 15 is 0 Å². The first kappa shape index (κ1) is 26.3. The molecular formula is C27H26FN5O5. The van der Waals surface area contributed by atoms with Gasteiger partial charge in [-0.2, -0.15) is 4.68 Å². The van der Waals surface area contributed by atoms with Crippen LogP contribution in [0.15, 0.2) is 71.5 Å². The van der Waals surface area contributed by atoms with E-state index in [1.807, 2.05) is 30.3 Å². The van der Waals surface area contributed by atoms with Crippen LogP contribution in [-0.4, -0.2) is 44.9 Å². The third-order valence-electron chi connectivity index (χ3n) is 5.80. The largest absolute Gasteiger partial charge is 0.494 e. The number of hydrogen-bond donors (Lipinski definition) is 0. The summed E-state index contributed by atoms with van der Waals surface area (Å²) in [6, 6.07) is 16.8. The molecule has 38 heavy (non-hydrogen) atoms. The molecule has 10 nitrogen and oxygen atoms in total. The summed E-state index contributed by atoms with van der Waals surface area (Å²) < 4.78 is 26.3. The molecule has 0 saturated carbocycles. The Bertz CT molecular complexity index is 1530. The minimum absolute atomic E-state index is 0.0458. The van der Waals surface area contributed by atoms with Crippen molar-refractivity contribution in [1.29, 1.82) is 0 Å². The van der Waals surface area contributed by atoms with E-state index < -0.39 is 29.5 Å². The van der Waals surface area contributed by atoms with E-state index in [9.17, 15) is 18.8 Å². The normalized spacial score (nSPS) is 10.9. The Morgan fingerprint density at radius 1 is 1.03 bits per heavy atom. The van der Waals surface area contributed by atoms with Gasteiger partial charge in [-0.15, -0.1) is 4.68 Å². The van der Waals surface area contributed by atoms with Crippen LogP contribution in [0.25, 0.3) is 5.69 Å². The highest BCUT2D eigenvalue weighted by atomic mass is 19.1. The number of methoxy groups -OCH3 is 1. The number of anilines is 1. The Morgan fingerprint density at radius 2 is 1.76 bits per heavy atom. The number of benzene rings is 3. The number of carbonyl (C=O) groups is 2. The van der Waals surface area contributed by atoms with Crippen LogP contribution in [-0.2, 0) is 11.3 Å². The van der Waals surface area contributed by atoms with Crippen molar-refractivity contribution in [1.82, 2.24) is 19.8 Å². The van der Waals surface area contributed by atoms with Gasteiger partial charge in [0.05, 0.1) is 12.7 Å². The van der Waals surface area contributed by atoms with Gasteiger partial charge in [0.25, 0.3) is 0 Å².